The Morgan fingerprint density at radius 2 is 1.45 bits per heavy atom. The number of rotatable bonds is 3. The normalized spacial score (nSPS) is 14.2. The molecule has 1 aliphatic rings. The SMILES string of the molecule is O=C(c1c(F)cccc1F)N1CCN(c2ncc(-c3ccc(Cl)cc3)cn2)CC1. The molecule has 8 heteroatoms. The van der Waals surface area contributed by atoms with Crippen LogP contribution in [0.4, 0.5) is 14.7 Å². The number of halogens is 3. The topological polar surface area (TPSA) is 49.3 Å². The summed E-state index contributed by atoms with van der Waals surface area (Å²) in [6.45, 7) is 1.61. The van der Waals surface area contributed by atoms with Gasteiger partial charge in [-0.3, -0.25) is 4.79 Å². The Bertz CT molecular complexity index is 1000. The van der Waals surface area contributed by atoms with Gasteiger partial charge in [0.15, 0.2) is 0 Å². The maximum Gasteiger partial charge on any atom is 0.259 e. The van der Waals surface area contributed by atoms with Crippen LogP contribution in [-0.4, -0.2) is 47.0 Å². The zero-order chi connectivity index (χ0) is 20.4. The Hall–Kier alpha value is -3.06. The quantitative estimate of drug-likeness (QED) is 0.649. The first-order valence-electron chi connectivity index (χ1n) is 9.09. The van der Waals surface area contributed by atoms with Crippen LogP contribution in [0.1, 0.15) is 10.4 Å². The predicted octanol–water partition coefficient (Wildman–Crippen LogP) is 4.04. The Kier molecular flexibility index (Phi) is 5.40. The summed E-state index contributed by atoms with van der Waals surface area (Å²) in [5, 5.41) is 0.661. The molecular weight excluding hydrogens is 398 g/mol. The molecule has 0 N–H and O–H groups in total. The molecule has 3 aromatic rings. The second-order valence-corrected chi connectivity index (χ2v) is 7.09. The molecule has 148 valence electrons. The fourth-order valence-electron chi connectivity index (χ4n) is 3.25. The van der Waals surface area contributed by atoms with Crippen molar-refractivity contribution in [3.63, 3.8) is 0 Å². The number of carbonyl (C=O) groups is 1. The molecule has 0 saturated carbocycles. The van der Waals surface area contributed by atoms with Gasteiger partial charge < -0.3 is 9.80 Å². The molecule has 1 aromatic heterocycles. The zero-order valence-electron chi connectivity index (χ0n) is 15.4. The van der Waals surface area contributed by atoms with Gasteiger partial charge in [0.25, 0.3) is 5.91 Å². The Morgan fingerprint density at radius 3 is 2.03 bits per heavy atom. The third kappa shape index (κ3) is 4.05. The van der Waals surface area contributed by atoms with Crippen molar-refractivity contribution < 1.29 is 13.6 Å². The molecule has 0 bridgehead atoms. The molecule has 2 aromatic carbocycles. The summed E-state index contributed by atoms with van der Waals surface area (Å²) < 4.78 is 27.7. The van der Waals surface area contributed by atoms with Crippen molar-refractivity contribution in [3.05, 3.63) is 77.1 Å². The highest BCUT2D eigenvalue weighted by molar-refractivity contribution is 6.30. The van der Waals surface area contributed by atoms with Gasteiger partial charge in [-0.25, -0.2) is 18.7 Å². The summed E-state index contributed by atoms with van der Waals surface area (Å²) in [7, 11) is 0. The van der Waals surface area contributed by atoms with Crippen molar-refractivity contribution in [1.29, 1.82) is 0 Å². The highest BCUT2D eigenvalue weighted by Gasteiger charge is 2.27. The highest BCUT2D eigenvalue weighted by Crippen LogP contribution is 2.22. The van der Waals surface area contributed by atoms with Gasteiger partial charge in [-0.15, -0.1) is 0 Å². The lowest BCUT2D eigenvalue weighted by molar-refractivity contribution is 0.0736. The minimum atomic E-state index is -0.849. The molecule has 4 rings (SSSR count). The Labute approximate surface area is 171 Å². The number of hydrogen-bond acceptors (Lipinski definition) is 4. The summed E-state index contributed by atoms with van der Waals surface area (Å²) >= 11 is 5.91. The number of carbonyl (C=O) groups excluding carboxylic acids is 1. The zero-order valence-corrected chi connectivity index (χ0v) is 16.1. The number of nitrogens with zero attached hydrogens (tertiary/aromatic N) is 4. The molecule has 1 fully saturated rings. The fourth-order valence-corrected chi connectivity index (χ4v) is 3.37. The average Bonchev–Trinajstić information content (AvgIpc) is 2.74. The number of benzene rings is 2. The van der Waals surface area contributed by atoms with Crippen LogP contribution < -0.4 is 4.90 Å². The van der Waals surface area contributed by atoms with Crippen LogP contribution in [0, 0.1) is 11.6 Å². The maximum absolute atomic E-state index is 13.9. The Morgan fingerprint density at radius 1 is 0.862 bits per heavy atom. The van der Waals surface area contributed by atoms with Crippen LogP contribution in [0.15, 0.2) is 54.9 Å². The van der Waals surface area contributed by atoms with Crippen molar-refractivity contribution in [2.75, 3.05) is 31.1 Å². The van der Waals surface area contributed by atoms with Crippen LogP contribution in [0.25, 0.3) is 11.1 Å². The number of aromatic nitrogens is 2. The van der Waals surface area contributed by atoms with E-state index in [1.807, 2.05) is 17.0 Å². The minimum Gasteiger partial charge on any atom is -0.337 e. The number of hydrogen-bond donors (Lipinski definition) is 0. The van der Waals surface area contributed by atoms with E-state index in [2.05, 4.69) is 9.97 Å². The third-order valence-corrected chi connectivity index (χ3v) is 5.09. The van der Waals surface area contributed by atoms with Gasteiger partial charge in [0.05, 0.1) is 0 Å². The lowest BCUT2D eigenvalue weighted by atomic mass is 10.1. The average molecular weight is 415 g/mol. The van der Waals surface area contributed by atoms with E-state index >= 15 is 0 Å². The first kappa shape index (κ1) is 19.3. The maximum atomic E-state index is 13.9. The first-order chi connectivity index (χ1) is 14.0. The summed E-state index contributed by atoms with van der Waals surface area (Å²) in [6, 6.07) is 10.8. The van der Waals surface area contributed by atoms with Gasteiger partial charge in [-0.05, 0) is 29.8 Å². The van der Waals surface area contributed by atoms with Crippen molar-refractivity contribution in [1.82, 2.24) is 14.9 Å². The summed E-state index contributed by atoms with van der Waals surface area (Å²) in [6.07, 6.45) is 3.47. The number of piperazine rings is 1. The number of anilines is 1. The van der Waals surface area contributed by atoms with Gasteiger partial charge >= 0.3 is 0 Å². The molecule has 0 aliphatic carbocycles. The fraction of sp³-hybridized carbons (Fsp3) is 0.190. The van der Waals surface area contributed by atoms with E-state index < -0.39 is 23.1 Å². The summed E-state index contributed by atoms with van der Waals surface area (Å²) in [5.41, 5.74) is 1.32. The van der Waals surface area contributed by atoms with Crippen molar-refractivity contribution in [2.45, 2.75) is 0 Å². The largest absolute Gasteiger partial charge is 0.337 e. The van der Waals surface area contributed by atoms with Crippen LogP contribution in [0.3, 0.4) is 0 Å². The molecule has 29 heavy (non-hydrogen) atoms. The second-order valence-electron chi connectivity index (χ2n) is 6.65. The lowest BCUT2D eigenvalue weighted by Gasteiger charge is -2.34. The van der Waals surface area contributed by atoms with Crippen molar-refractivity contribution >= 4 is 23.5 Å². The van der Waals surface area contributed by atoms with E-state index in [9.17, 15) is 13.6 Å². The monoisotopic (exact) mass is 414 g/mol. The molecule has 1 aliphatic heterocycles. The minimum absolute atomic E-state index is 0.328. The molecule has 5 nitrogen and oxygen atoms in total. The van der Waals surface area contributed by atoms with Crippen molar-refractivity contribution in [2.24, 2.45) is 0 Å². The third-order valence-electron chi connectivity index (χ3n) is 4.84. The van der Waals surface area contributed by atoms with E-state index in [1.54, 1.807) is 24.5 Å². The summed E-state index contributed by atoms with van der Waals surface area (Å²) in [4.78, 5) is 24.7. The van der Waals surface area contributed by atoms with E-state index in [1.165, 1.54) is 11.0 Å². The van der Waals surface area contributed by atoms with E-state index in [0.29, 0.717) is 37.1 Å². The van der Waals surface area contributed by atoms with Gasteiger partial charge in [0.2, 0.25) is 5.95 Å². The molecular formula is C21H17ClF2N4O. The second kappa shape index (κ2) is 8.13. The molecule has 1 saturated heterocycles. The van der Waals surface area contributed by atoms with Crippen LogP contribution >= 0.6 is 11.6 Å². The van der Waals surface area contributed by atoms with Gasteiger partial charge in [-0.1, -0.05) is 29.8 Å². The molecule has 0 spiro atoms. The van der Waals surface area contributed by atoms with Crippen LogP contribution in [0.5, 0.6) is 0 Å². The molecule has 0 atom stereocenters. The van der Waals surface area contributed by atoms with Gasteiger partial charge in [-0.2, -0.15) is 0 Å². The van der Waals surface area contributed by atoms with E-state index in [-0.39, 0.29) is 0 Å². The summed E-state index contributed by atoms with van der Waals surface area (Å²) in [5.74, 6) is -1.79. The molecule has 2 heterocycles. The standard InChI is InChI=1S/C21H17ClF2N4O/c22-16-6-4-14(5-7-16)15-12-25-21(26-13-15)28-10-8-27(9-11-28)20(29)19-17(23)2-1-3-18(19)24/h1-7,12-13H,8-11H2. The van der Waals surface area contributed by atoms with Crippen LogP contribution in [-0.2, 0) is 0 Å². The van der Waals surface area contributed by atoms with Gasteiger partial charge in [0.1, 0.15) is 17.2 Å². The van der Waals surface area contributed by atoms with E-state index in [0.717, 1.165) is 23.3 Å². The highest BCUT2D eigenvalue weighted by atomic mass is 35.5. The van der Waals surface area contributed by atoms with E-state index in [4.69, 9.17) is 11.6 Å². The molecule has 0 unspecified atom stereocenters. The van der Waals surface area contributed by atoms with Gasteiger partial charge in [0, 0.05) is 49.2 Å². The van der Waals surface area contributed by atoms with Crippen LogP contribution in [0.2, 0.25) is 5.02 Å². The Balaban J connectivity index is 1.42. The smallest absolute Gasteiger partial charge is 0.259 e. The lowest BCUT2D eigenvalue weighted by Crippen LogP contribution is -2.49. The number of amides is 1. The van der Waals surface area contributed by atoms with Crippen molar-refractivity contribution in [3.8, 4) is 11.1 Å². The first-order valence-corrected chi connectivity index (χ1v) is 9.47. The molecule has 0 radical (unpaired) electrons. The molecule has 1 amide bonds. The predicted molar refractivity (Wildman–Crippen MR) is 107 cm³/mol.